The average molecular weight is 427 g/mol. The maximum absolute atomic E-state index is 13.8. The Morgan fingerprint density at radius 3 is 2.70 bits per heavy atom. The normalized spacial score (nSPS) is 11.0. The average Bonchev–Trinajstić information content (AvgIpc) is 3.07. The van der Waals surface area contributed by atoms with Gasteiger partial charge in [0.1, 0.15) is 11.6 Å². The van der Waals surface area contributed by atoms with E-state index in [0.29, 0.717) is 18.1 Å². The fourth-order valence-electron chi connectivity index (χ4n) is 2.71. The van der Waals surface area contributed by atoms with Crippen molar-refractivity contribution in [1.82, 2.24) is 9.78 Å². The van der Waals surface area contributed by atoms with Crippen LogP contribution in [0.4, 0.5) is 15.9 Å². The predicted molar refractivity (Wildman–Crippen MR) is 109 cm³/mol. The number of hydrogen-bond donors (Lipinski definition) is 2. The van der Waals surface area contributed by atoms with E-state index in [-0.39, 0.29) is 22.6 Å². The quantitative estimate of drug-likeness (QED) is 0.600. The Hall–Kier alpha value is -3.71. The molecule has 0 bridgehead atoms. The van der Waals surface area contributed by atoms with Gasteiger partial charge in [-0.1, -0.05) is 18.2 Å². The van der Waals surface area contributed by atoms with Crippen molar-refractivity contribution in [2.45, 2.75) is 24.8 Å². The number of rotatable bonds is 7. The minimum atomic E-state index is -4.10. The molecule has 3 aromatic rings. The summed E-state index contributed by atoms with van der Waals surface area (Å²) in [6, 6.07) is 14.4. The maximum atomic E-state index is 13.8. The number of nitrogens with zero attached hydrogens (tertiary/aromatic N) is 3. The fraction of sp³-hybridized carbons (Fsp3) is 0.150. The smallest absolute Gasteiger partial charge is 0.262 e. The number of hydrogen-bond acceptors (Lipinski definition) is 5. The number of nitriles is 1. The zero-order chi connectivity index (χ0) is 21.7. The summed E-state index contributed by atoms with van der Waals surface area (Å²) in [5, 5.41) is 15.6. The van der Waals surface area contributed by atoms with Crippen LogP contribution in [0.25, 0.3) is 0 Å². The molecule has 1 aromatic heterocycles. The van der Waals surface area contributed by atoms with E-state index >= 15 is 0 Å². The summed E-state index contributed by atoms with van der Waals surface area (Å²) in [5.41, 5.74) is 0.565. The van der Waals surface area contributed by atoms with Gasteiger partial charge < -0.3 is 5.32 Å². The van der Waals surface area contributed by atoms with E-state index in [1.165, 1.54) is 47.1 Å². The molecule has 0 fully saturated rings. The zero-order valence-electron chi connectivity index (χ0n) is 16.0. The highest BCUT2D eigenvalue weighted by molar-refractivity contribution is 7.92. The van der Waals surface area contributed by atoms with Gasteiger partial charge in [0.25, 0.3) is 15.9 Å². The van der Waals surface area contributed by atoms with Crippen molar-refractivity contribution in [3.63, 3.8) is 0 Å². The minimum Gasteiger partial charge on any atom is -0.307 e. The van der Waals surface area contributed by atoms with Gasteiger partial charge >= 0.3 is 0 Å². The van der Waals surface area contributed by atoms with Gasteiger partial charge in [-0.25, -0.2) is 17.5 Å². The zero-order valence-corrected chi connectivity index (χ0v) is 16.8. The molecular formula is C20H18FN5O3S. The maximum Gasteiger partial charge on any atom is 0.262 e. The SMILES string of the molecule is Cc1cc(NC(=O)c2cccc(S(=O)(=O)Nc3ccccc3F)c2)n(CCC#N)n1. The third-order valence-electron chi connectivity index (χ3n) is 4.10. The van der Waals surface area contributed by atoms with Gasteiger partial charge in [-0.3, -0.25) is 9.52 Å². The summed E-state index contributed by atoms with van der Waals surface area (Å²) in [6.07, 6.45) is 0.222. The molecule has 2 aromatic carbocycles. The van der Waals surface area contributed by atoms with E-state index in [1.54, 1.807) is 13.0 Å². The number of anilines is 2. The molecule has 154 valence electrons. The fourth-order valence-corrected chi connectivity index (χ4v) is 3.83. The van der Waals surface area contributed by atoms with E-state index in [4.69, 9.17) is 5.26 Å². The molecule has 0 radical (unpaired) electrons. The Labute approximate surface area is 173 Å². The van der Waals surface area contributed by atoms with Crippen molar-refractivity contribution < 1.29 is 17.6 Å². The lowest BCUT2D eigenvalue weighted by molar-refractivity contribution is 0.102. The third-order valence-corrected chi connectivity index (χ3v) is 5.47. The van der Waals surface area contributed by atoms with E-state index in [9.17, 15) is 17.6 Å². The summed E-state index contributed by atoms with van der Waals surface area (Å²) in [7, 11) is -4.10. The molecule has 8 nitrogen and oxygen atoms in total. The van der Waals surface area contributed by atoms with E-state index in [0.717, 1.165) is 6.07 Å². The number of aryl methyl sites for hydroxylation is 2. The summed E-state index contributed by atoms with van der Waals surface area (Å²) in [6.45, 7) is 2.06. The van der Waals surface area contributed by atoms with Crippen molar-refractivity contribution >= 4 is 27.4 Å². The van der Waals surface area contributed by atoms with Gasteiger partial charge in [0.2, 0.25) is 0 Å². The van der Waals surface area contributed by atoms with Gasteiger partial charge in [0.05, 0.1) is 35.3 Å². The molecule has 10 heteroatoms. The number of carbonyl (C=O) groups excluding carboxylic acids is 1. The van der Waals surface area contributed by atoms with Crippen molar-refractivity contribution in [2.24, 2.45) is 0 Å². The summed E-state index contributed by atoms with van der Waals surface area (Å²) < 4.78 is 42.7. The highest BCUT2D eigenvalue weighted by Gasteiger charge is 2.19. The molecule has 0 spiro atoms. The Kier molecular flexibility index (Phi) is 6.13. The van der Waals surface area contributed by atoms with E-state index in [1.807, 2.05) is 6.07 Å². The highest BCUT2D eigenvalue weighted by Crippen LogP contribution is 2.20. The van der Waals surface area contributed by atoms with E-state index < -0.39 is 21.7 Å². The molecule has 1 amide bonds. The molecule has 0 saturated carbocycles. The van der Waals surface area contributed by atoms with Gasteiger partial charge in [-0.2, -0.15) is 10.4 Å². The molecule has 0 atom stereocenters. The first-order valence-electron chi connectivity index (χ1n) is 8.90. The van der Waals surface area contributed by atoms with Crippen molar-refractivity contribution in [3.8, 4) is 6.07 Å². The lowest BCUT2D eigenvalue weighted by Crippen LogP contribution is -2.18. The summed E-state index contributed by atoms with van der Waals surface area (Å²) in [5.74, 6) is -0.863. The largest absolute Gasteiger partial charge is 0.307 e. The Morgan fingerprint density at radius 2 is 1.97 bits per heavy atom. The molecular weight excluding hydrogens is 409 g/mol. The Balaban J connectivity index is 1.82. The molecule has 0 saturated heterocycles. The van der Waals surface area contributed by atoms with Crippen LogP contribution < -0.4 is 10.0 Å². The number of benzene rings is 2. The van der Waals surface area contributed by atoms with Crippen LogP contribution in [0.3, 0.4) is 0 Å². The summed E-state index contributed by atoms with van der Waals surface area (Å²) >= 11 is 0. The Morgan fingerprint density at radius 1 is 1.20 bits per heavy atom. The number of aromatic nitrogens is 2. The first kappa shape index (κ1) is 21.0. The van der Waals surface area contributed by atoms with E-state index in [2.05, 4.69) is 15.1 Å². The Bertz CT molecular complexity index is 1230. The second-order valence-corrected chi connectivity index (χ2v) is 8.05. The van der Waals surface area contributed by atoms with Crippen LogP contribution in [0.5, 0.6) is 0 Å². The van der Waals surface area contributed by atoms with Crippen LogP contribution in [0.2, 0.25) is 0 Å². The minimum absolute atomic E-state index is 0.0945. The van der Waals surface area contributed by atoms with Crippen LogP contribution in [-0.2, 0) is 16.6 Å². The first-order valence-corrected chi connectivity index (χ1v) is 10.4. The van der Waals surface area contributed by atoms with Crippen molar-refractivity contribution in [1.29, 1.82) is 5.26 Å². The third kappa shape index (κ3) is 4.82. The van der Waals surface area contributed by atoms with Crippen molar-refractivity contribution in [2.75, 3.05) is 10.0 Å². The number of halogens is 1. The molecule has 0 unspecified atom stereocenters. The molecule has 1 heterocycles. The predicted octanol–water partition coefficient (Wildman–Crippen LogP) is 3.30. The van der Waals surface area contributed by atoms with Gasteiger partial charge in [0, 0.05) is 11.6 Å². The van der Waals surface area contributed by atoms with Gasteiger partial charge in [-0.05, 0) is 37.3 Å². The van der Waals surface area contributed by atoms with Gasteiger partial charge in [-0.15, -0.1) is 0 Å². The monoisotopic (exact) mass is 427 g/mol. The van der Waals surface area contributed by atoms with Crippen LogP contribution >= 0.6 is 0 Å². The number of nitrogens with one attached hydrogen (secondary N) is 2. The number of para-hydroxylation sites is 1. The number of carbonyl (C=O) groups is 1. The first-order chi connectivity index (χ1) is 14.3. The number of sulfonamides is 1. The molecule has 30 heavy (non-hydrogen) atoms. The standard InChI is InChI=1S/C20H18FN5O3S/c1-14-12-19(26(24-14)11-5-10-22)23-20(27)15-6-4-7-16(13-15)30(28,29)25-18-9-3-2-8-17(18)21/h2-4,6-9,12-13,25H,5,11H2,1H3,(H,23,27). The molecule has 0 aliphatic rings. The molecule has 3 rings (SSSR count). The molecule has 0 aliphatic carbocycles. The van der Waals surface area contributed by atoms with Crippen LogP contribution in [0.1, 0.15) is 22.5 Å². The lowest BCUT2D eigenvalue weighted by atomic mass is 10.2. The van der Waals surface area contributed by atoms with Crippen LogP contribution in [0.15, 0.2) is 59.5 Å². The topological polar surface area (TPSA) is 117 Å². The second kappa shape index (κ2) is 8.75. The van der Waals surface area contributed by atoms with Crippen LogP contribution in [0, 0.1) is 24.1 Å². The highest BCUT2D eigenvalue weighted by atomic mass is 32.2. The van der Waals surface area contributed by atoms with Crippen molar-refractivity contribution in [3.05, 3.63) is 71.7 Å². The number of amides is 1. The van der Waals surface area contributed by atoms with Gasteiger partial charge in [0.15, 0.2) is 0 Å². The van der Waals surface area contributed by atoms with Crippen LogP contribution in [-0.4, -0.2) is 24.1 Å². The lowest BCUT2D eigenvalue weighted by Gasteiger charge is -2.11. The summed E-state index contributed by atoms with van der Waals surface area (Å²) in [4.78, 5) is 12.5. The molecule has 2 N–H and O–H groups in total. The molecule has 0 aliphatic heterocycles. The second-order valence-electron chi connectivity index (χ2n) is 6.37.